The molecule has 0 unspecified atom stereocenters. The van der Waals surface area contributed by atoms with Crippen molar-refractivity contribution in [3.8, 4) is 11.6 Å². The van der Waals surface area contributed by atoms with E-state index in [9.17, 15) is 0 Å². The minimum Gasteiger partial charge on any atom is -0.481 e. The van der Waals surface area contributed by atoms with E-state index in [1.807, 2.05) is 31.2 Å². The van der Waals surface area contributed by atoms with Crippen molar-refractivity contribution in [3.05, 3.63) is 40.5 Å². The van der Waals surface area contributed by atoms with Crippen molar-refractivity contribution in [2.75, 3.05) is 7.11 Å². The van der Waals surface area contributed by atoms with Crippen LogP contribution in [-0.4, -0.2) is 16.9 Å². The Balaban J connectivity index is 2.56. The maximum absolute atomic E-state index is 5.88. The molecule has 2 N–H and O–H groups in total. The number of benzene rings is 1. The Bertz CT molecular complexity index is 534. The summed E-state index contributed by atoms with van der Waals surface area (Å²) in [6.45, 7) is 2.47. The van der Waals surface area contributed by atoms with Crippen LogP contribution < -0.4 is 10.5 Å². The molecule has 18 heavy (non-hydrogen) atoms. The fourth-order valence-corrected chi connectivity index (χ4v) is 2.06. The zero-order valence-corrected chi connectivity index (χ0v) is 11.2. The molecule has 0 aliphatic heterocycles. The average Bonchev–Trinajstić information content (AvgIpc) is 2.77. The molecule has 5 heteroatoms. The van der Waals surface area contributed by atoms with Crippen molar-refractivity contribution in [3.63, 3.8) is 0 Å². The quantitative estimate of drug-likeness (QED) is 0.924. The van der Waals surface area contributed by atoms with Crippen molar-refractivity contribution in [1.82, 2.24) is 9.78 Å². The van der Waals surface area contributed by atoms with Crippen LogP contribution in [0.5, 0.6) is 5.88 Å². The van der Waals surface area contributed by atoms with Gasteiger partial charge in [0.05, 0.1) is 24.1 Å². The Morgan fingerprint density at radius 1 is 1.33 bits per heavy atom. The molecule has 0 aliphatic carbocycles. The third-order valence-electron chi connectivity index (χ3n) is 2.82. The Morgan fingerprint density at radius 2 is 2.00 bits per heavy atom. The molecule has 0 amide bonds. The van der Waals surface area contributed by atoms with E-state index in [0.717, 1.165) is 23.4 Å². The highest BCUT2D eigenvalue weighted by Crippen LogP contribution is 2.26. The predicted molar refractivity (Wildman–Crippen MR) is 72.4 cm³/mol. The normalized spacial score (nSPS) is 10.7. The number of aryl methyl sites for hydroxylation is 1. The number of nitrogens with two attached hydrogens (primary N) is 1. The van der Waals surface area contributed by atoms with E-state index in [4.69, 9.17) is 22.1 Å². The predicted octanol–water partition coefficient (Wildman–Crippen LogP) is 2.56. The van der Waals surface area contributed by atoms with Gasteiger partial charge < -0.3 is 10.5 Å². The van der Waals surface area contributed by atoms with Crippen LogP contribution in [0.25, 0.3) is 5.69 Å². The Labute approximate surface area is 111 Å². The zero-order valence-electron chi connectivity index (χ0n) is 10.5. The van der Waals surface area contributed by atoms with Crippen molar-refractivity contribution in [2.24, 2.45) is 5.73 Å². The smallest absolute Gasteiger partial charge is 0.221 e. The largest absolute Gasteiger partial charge is 0.481 e. The Hall–Kier alpha value is -1.52. The van der Waals surface area contributed by atoms with Crippen molar-refractivity contribution >= 4 is 11.6 Å². The third-order valence-corrected chi connectivity index (χ3v) is 3.08. The van der Waals surface area contributed by atoms with Gasteiger partial charge >= 0.3 is 0 Å². The number of hydrogen-bond acceptors (Lipinski definition) is 3. The molecule has 1 heterocycles. The first-order valence-electron chi connectivity index (χ1n) is 5.82. The van der Waals surface area contributed by atoms with Gasteiger partial charge in [-0.2, -0.15) is 5.10 Å². The number of nitrogens with zero attached hydrogens (tertiary/aromatic N) is 2. The van der Waals surface area contributed by atoms with E-state index in [1.165, 1.54) is 0 Å². The topological polar surface area (TPSA) is 53.1 Å². The van der Waals surface area contributed by atoms with Crippen LogP contribution in [0.15, 0.2) is 24.3 Å². The second-order valence-electron chi connectivity index (χ2n) is 3.88. The van der Waals surface area contributed by atoms with Crippen LogP contribution in [0.1, 0.15) is 18.2 Å². The van der Waals surface area contributed by atoms with E-state index in [-0.39, 0.29) is 0 Å². The van der Waals surface area contributed by atoms with Crippen LogP contribution in [0.4, 0.5) is 0 Å². The van der Waals surface area contributed by atoms with Crippen LogP contribution in [0.2, 0.25) is 5.02 Å². The fourth-order valence-electron chi connectivity index (χ4n) is 1.93. The lowest BCUT2D eigenvalue weighted by Crippen LogP contribution is -2.03. The Morgan fingerprint density at radius 3 is 2.50 bits per heavy atom. The van der Waals surface area contributed by atoms with Gasteiger partial charge in [-0.05, 0) is 30.7 Å². The highest BCUT2D eigenvalue weighted by molar-refractivity contribution is 6.30. The zero-order chi connectivity index (χ0) is 13.1. The van der Waals surface area contributed by atoms with E-state index in [0.29, 0.717) is 17.4 Å². The third kappa shape index (κ3) is 2.21. The summed E-state index contributed by atoms with van der Waals surface area (Å²) in [5, 5.41) is 5.23. The van der Waals surface area contributed by atoms with Crippen molar-refractivity contribution < 1.29 is 4.74 Å². The molecule has 0 aliphatic rings. The van der Waals surface area contributed by atoms with Gasteiger partial charge in [0.2, 0.25) is 5.88 Å². The van der Waals surface area contributed by atoms with Gasteiger partial charge in [0.15, 0.2) is 0 Å². The van der Waals surface area contributed by atoms with E-state index < -0.39 is 0 Å². The molecule has 4 nitrogen and oxygen atoms in total. The highest BCUT2D eigenvalue weighted by atomic mass is 35.5. The number of halogens is 1. The summed E-state index contributed by atoms with van der Waals surface area (Å²) in [6, 6.07) is 7.45. The minimum absolute atomic E-state index is 0.417. The van der Waals surface area contributed by atoms with Gasteiger partial charge in [-0.25, -0.2) is 4.68 Å². The van der Waals surface area contributed by atoms with Crippen LogP contribution in [-0.2, 0) is 13.0 Å². The maximum atomic E-state index is 5.88. The monoisotopic (exact) mass is 265 g/mol. The standard InChI is InChI=1S/C13H16ClN3O/c1-3-12-11(8-15)13(18-2)17(16-12)10-6-4-9(14)5-7-10/h4-7H,3,8,15H2,1-2H3. The number of rotatable bonds is 4. The molecule has 1 aromatic heterocycles. The molecular weight excluding hydrogens is 250 g/mol. The molecule has 96 valence electrons. The lowest BCUT2D eigenvalue weighted by molar-refractivity contribution is 0.379. The molecule has 1 aromatic carbocycles. The van der Waals surface area contributed by atoms with Crippen LogP contribution in [0, 0.1) is 0 Å². The first-order valence-corrected chi connectivity index (χ1v) is 6.19. The number of hydrogen-bond donors (Lipinski definition) is 1. The minimum atomic E-state index is 0.417. The molecule has 2 rings (SSSR count). The first kappa shape index (κ1) is 12.9. The first-order chi connectivity index (χ1) is 8.71. The molecule has 0 fully saturated rings. The molecule has 0 saturated heterocycles. The molecule has 0 saturated carbocycles. The van der Waals surface area contributed by atoms with Gasteiger partial charge in [0.25, 0.3) is 0 Å². The lowest BCUT2D eigenvalue weighted by Gasteiger charge is -2.07. The van der Waals surface area contributed by atoms with E-state index in [1.54, 1.807) is 11.8 Å². The second-order valence-corrected chi connectivity index (χ2v) is 4.32. The second kappa shape index (κ2) is 5.42. The van der Waals surface area contributed by atoms with E-state index >= 15 is 0 Å². The molecule has 0 radical (unpaired) electrons. The van der Waals surface area contributed by atoms with Crippen molar-refractivity contribution in [1.29, 1.82) is 0 Å². The average molecular weight is 266 g/mol. The summed E-state index contributed by atoms with van der Waals surface area (Å²) in [4.78, 5) is 0. The molecular formula is C13H16ClN3O. The molecule has 0 bridgehead atoms. The molecule has 2 aromatic rings. The maximum Gasteiger partial charge on any atom is 0.221 e. The molecule has 0 atom stereocenters. The Kier molecular flexibility index (Phi) is 3.89. The van der Waals surface area contributed by atoms with Crippen LogP contribution in [0.3, 0.4) is 0 Å². The van der Waals surface area contributed by atoms with Gasteiger partial charge in [0, 0.05) is 11.6 Å². The van der Waals surface area contributed by atoms with Crippen molar-refractivity contribution in [2.45, 2.75) is 19.9 Å². The number of aromatic nitrogens is 2. The van der Waals surface area contributed by atoms with Gasteiger partial charge in [-0.3, -0.25) is 0 Å². The van der Waals surface area contributed by atoms with Gasteiger partial charge in [-0.1, -0.05) is 18.5 Å². The summed E-state index contributed by atoms with van der Waals surface area (Å²) in [7, 11) is 1.63. The summed E-state index contributed by atoms with van der Waals surface area (Å²) in [5.74, 6) is 0.691. The SMILES string of the molecule is CCc1nn(-c2ccc(Cl)cc2)c(OC)c1CN. The van der Waals surface area contributed by atoms with Crippen LogP contribution >= 0.6 is 11.6 Å². The van der Waals surface area contributed by atoms with Gasteiger partial charge in [-0.15, -0.1) is 0 Å². The molecule has 0 spiro atoms. The van der Waals surface area contributed by atoms with Gasteiger partial charge in [0.1, 0.15) is 0 Å². The van der Waals surface area contributed by atoms with E-state index in [2.05, 4.69) is 5.10 Å². The fraction of sp³-hybridized carbons (Fsp3) is 0.308. The summed E-state index contributed by atoms with van der Waals surface area (Å²) in [6.07, 6.45) is 0.823. The number of ether oxygens (including phenoxy) is 1. The summed E-state index contributed by atoms with van der Waals surface area (Å²) in [5.41, 5.74) is 8.59. The highest BCUT2D eigenvalue weighted by Gasteiger charge is 2.17. The summed E-state index contributed by atoms with van der Waals surface area (Å²) < 4.78 is 7.18. The number of methoxy groups -OCH3 is 1. The lowest BCUT2D eigenvalue weighted by atomic mass is 10.2. The summed E-state index contributed by atoms with van der Waals surface area (Å²) >= 11 is 5.88.